The Hall–Kier alpha value is -3.61. The van der Waals surface area contributed by atoms with Crippen LogP contribution < -0.4 is 0 Å². The highest BCUT2D eigenvalue weighted by molar-refractivity contribution is 6.16. The molecule has 4 aromatic rings. The van der Waals surface area contributed by atoms with Gasteiger partial charge in [-0.3, -0.25) is 4.79 Å². The van der Waals surface area contributed by atoms with Crippen LogP contribution in [0.5, 0.6) is 5.75 Å². The normalized spacial score (nSPS) is 10.9. The van der Waals surface area contributed by atoms with Crippen molar-refractivity contribution in [3.8, 4) is 16.9 Å². The van der Waals surface area contributed by atoms with Gasteiger partial charge in [0, 0.05) is 46.9 Å². The molecule has 0 unspecified atom stereocenters. The molecule has 3 aromatic heterocycles. The molecule has 0 fully saturated rings. The van der Waals surface area contributed by atoms with Gasteiger partial charge in [-0.15, -0.1) is 0 Å². The summed E-state index contributed by atoms with van der Waals surface area (Å²) in [4.78, 5) is 27.8. The van der Waals surface area contributed by atoms with Gasteiger partial charge < -0.3 is 10.1 Å². The molecule has 4 rings (SSSR count). The van der Waals surface area contributed by atoms with Gasteiger partial charge in [-0.2, -0.15) is 0 Å². The van der Waals surface area contributed by atoms with E-state index in [0.717, 1.165) is 11.1 Å². The summed E-state index contributed by atoms with van der Waals surface area (Å²) in [7, 11) is 0. The molecule has 0 saturated carbocycles. The van der Waals surface area contributed by atoms with Gasteiger partial charge in [-0.25, -0.2) is 19.3 Å². The van der Waals surface area contributed by atoms with Crippen LogP contribution in [0.4, 0.5) is 4.39 Å². The molecule has 6 nitrogen and oxygen atoms in total. The standard InChI is InChI=1S/C18H11FN4O2/c19-16-12(2-1-3-15(16)24)17(25)14-8-23-18-13(14)4-10(7-22-18)11-5-20-9-21-6-11/h1-9,24H,(H,22,23). The van der Waals surface area contributed by atoms with Gasteiger partial charge in [-0.05, 0) is 18.2 Å². The number of rotatable bonds is 3. The molecule has 0 aliphatic rings. The number of ketones is 1. The number of hydrogen-bond donors (Lipinski definition) is 2. The summed E-state index contributed by atoms with van der Waals surface area (Å²) >= 11 is 0. The zero-order valence-corrected chi connectivity index (χ0v) is 12.8. The number of phenolic OH excluding ortho intramolecular Hbond substituents is 1. The van der Waals surface area contributed by atoms with Crippen molar-refractivity contribution < 1.29 is 14.3 Å². The van der Waals surface area contributed by atoms with Crippen molar-refractivity contribution in [3.05, 3.63) is 72.3 Å². The third-order valence-corrected chi connectivity index (χ3v) is 3.89. The van der Waals surface area contributed by atoms with Crippen molar-refractivity contribution in [3.63, 3.8) is 0 Å². The summed E-state index contributed by atoms with van der Waals surface area (Å²) < 4.78 is 14.1. The topological polar surface area (TPSA) is 91.8 Å². The Kier molecular flexibility index (Phi) is 3.46. The van der Waals surface area contributed by atoms with E-state index in [1.54, 1.807) is 24.7 Å². The number of aromatic hydroxyl groups is 1. The van der Waals surface area contributed by atoms with E-state index in [1.807, 2.05) is 0 Å². The monoisotopic (exact) mass is 334 g/mol. The molecule has 0 radical (unpaired) electrons. The lowest BCUT2D eigenvalue weighted by Crippen LogP contribution is -2.03. The van der Waals surface area contributed by atoms with Gasteiger partial charge in [-0.1, -0.05) is 6.07 Å². The highest BCUT2D eigenvalue weighted by Crippen LogP contribution is 2.27. The Morgan fingerprint density at radius 1 is 1.08 bits per heavy atom. The predicted octanol–water partition coefficient (Wildman–Crippen LogP) is 3.10. The van der Waals surface area contributed by atoms with Crippen LogP contribution in [0.1, 0.15) is 15.9 Å². The number of carbonyl (C=O) groups excluding carboxylic acids is 1. The second-order valence-electron chi connectivity index (χ2n) is 5.42. The van der Waals surface area contributed by atoms with Crippen molar-refractivity contribution in [2.45, 2.75) is 0 Å². The number of aromatic nitrogens is 4. The molecule has 0 aliphatic carbocycles. The van der Waals surface area contributed by atoms with E-state index in [2.05, 4.69) is 19.9 Å². The van der Waals surface area contributed by atoms with E-state index in [-0.39, 0.29) is 11.1 Å². The summed E-state index contributed by atoms with van der Waals surface area (Å²) in [6, 6.07) is 5.71. The molecule has 25 heavy (non-hydrogen) atoms. The van der Waals surface area contributed by atoms with Crippen molar-refractivity contribution >= 4 is 16.8 Å². The Bertz CT molecular complexity index is 1090. The highest BCUT2D eigenvalue weighted by atomic mass is 19.1. The summed E-state index contributed by atoms with van der Waals surface area (Å²) in [6.45, 7) is 0. The quantitative estimate of drug-likeness (QED) is 0.562. The molecule has 0 spiro atoms. The van der Waals surface area contributed by atoms with Crippen LogP contribution in [0, 0.1) is 5.82 Å². The van der Waals surface area contributed by atoms with Gasteiger partial charge in [0.15, 0.2) is 17.3 Å². The van der Waals surface area contributed by atoms with E-state index >= 15 is 0 Å². The van der Waals surface area contributed by atoms with Crippen molar-refractivity contribution in [1.29, 1.82) is 0 Å². The van der Waals surface area contributed by atoms with Crippen LogP contribution >= 0.6 is 0 Å². The number of fused-ring (bicyclic) bond motifs is 1. The van der Waals surface area contributed by atoms with Crippen LogP contribution in [0.25, 0.3) is 22.2 Å². The first-order valence-electron chi connectivity index (χ1n) is 7.40. The molecular weight excluding hydrogens is 323 g/mol. The van der Waals surface area contributed by atoms with Crippen LogP contribution in [0.3, 0.4) is 0 Å². The molecule has 122 valence electrons. The number of H-pyrrole nitrogens is 1. The van der Waals surface area contributed by atoms with Crippen molar-refractivity contribution in [2.75, 3.05) is 0 Å². The second-order valence-corrected chi connectivity index (χ2v) is 5.42. The largest absolute Gasteiger partial charge is 0.505 e. The molecule has 0 bridgehead atoms. The van der Waals surface area contributed by atoms with Crippen LogP contribution in [-0.2, 0) is 0 Å². The summed E-state index contributed by atoms with van der Waals surface area (Å²) in [5.41, 5.74) is 2.06. The summed E-state index contributed by atoms with van der Waals surface area (Å²) in [5, 5.41) is 10.0. The SMILES string of the molecule is O=C(c1cccc(O)c1F)c1c[nH]c2ncc(-c3cncnc3)cc12. The minimum absolute atomic E-state index is 0.200. The molecule has 3 heterocycles. The number of halogens is 1. The maximum absolute atomic E-state index is 14.1. The molecule has 7 heteroatoms. The molecule has 0 atom stereocenters. The number of benzene rings is 1. The molecule has 1 aromatic carbocycles. The maximum Gasteiger partial charge on any atom is 0.198 e. The lowest BCUT2D eigenvalue weighted by Gasteiger charge is -2.04. The third-order valence-electron chi connectivity index (χ3n) is 3.89. The number of pyridine rings is 1. The second kappa shape index (κ2) is 5.79. The van der Waals surface area contributed by atoms with Crippen LogP contribution in [-0.4, -0.2) is 30.8 Å². The molecule has 0 aliphatic heterocycles. The number of nitrogens with zero attached hydrogens (tertiary/aromatic N) is 3. The zero-order valence-electron chi connectivity index (χ0n) is 12.8. The molecule has 0 saturated heterocycles. The van der Waals surface area contributed by atoms with Gasteiger partial charge in [0.05, 0.1) is 5.56 Å². The molecular formula is C18H11FN4O2. The first-order chi connectivity index (χ1) is 12.1. The number of aromatic amines is 1. The predicted molar refractivity (Wildman–Crippen MR) is 88.6 cm³/mol. The summed E-state index contributed by atoms with van der Waals surface area (Å²) in [5.74, 6) is -2.05. The third kappa shape index (κ3) is 2.51. The van der Waals surface area contributed by atoms with Gasteiger partial charge >= 0.3 is 0 Å². The average molecular weight is 334 g/mol. The number of hydrogen-bond acceptors (Lipinski definition) is 5. The zero-order chi connectivity index (χ0) is 17.4. The molecule has 2 N–H and O–H groups in total. The average Bonchev–Trinajstić information content (AvgIpc) is 3.07. The first kappa shape index (κ1) is 14.9. The highest BCUT2D eigenvalue weighted by Gasteiger charge is 2.20. The smallest absolute Gasteiger partial charge is 0.198 e. The van der Waals surface area contributed by atoms with Crippen molar-refractivity contribution in [2.24, 2.45) is 0 Å². The van der Waals surface area contributed by atoms with Gasteiger partial charge in [0.1, 0.15) is 12.0 Å². The van der Waals surface area contributed by atoms with Crippen LogP contribution in [0.2, 0.25) is 0 Å². The fraction of sp³-hybridized carbons (Fsp3) is 0. The molecule has 0 amide bonds. The van der Waals surface area contributed by atoms with E-state index in [4.69, 9.17) is 0 Å². The summed E-state index contributed by atoms with van der Waals surface area (Å²) in [6.07, 6.45) is 7.82. The van der Waals surface area contributed by atoms with E-state index < -0.39 is 17.3 Å². The van der Waals surface area contributed by atoms with E-state index in [1.165, 1.54) is 30.7 Å². The van der Waals surface area contributed by atoms with Crippen molar-refractivity contribution in [1.82, 2.24) is 19.9 Å². The van der Waals surface area contributed by atoms with Gasteiger partial charge in [0.25, 0.3) is 0 Å². The maximum atomic E-state index is 14.1. The fourth-order valence-corrected chi connectivity index (χ4v) is 2.64. The van der Waals surface area contributed by atoms with E-state index in [0.29, 0.717) is 11.0 Å². The Morgan fingerprint density at radius 2 is 1.88 bits per heavy atom. The number of nitrogens with one attached hydrogen (secondary N) is 1. The minimum Gasteiger partial charge on any atom is -0.505 e. The fourth-order valence-electron chi connectivity index (χ4n) is 2.64. The lowest BCUT2D eigenvalue weighted by molar-refractivity contribution is 0.103. The lowest BCUT2D eigenvalue weighted by atomic mass is 10.0. The minimum atomic E-state index is -0.942. The van der Waals surface area contributed by atoms with E-state index in [9.17, 15) is 14.3 Å². The Labute approximate surface area is 141 Å². The first-order valence-corrected chi connectivity index (χ1v) is 7.40. The Morgan fingerprint density at radius 3 is 2.68 bits per heavy atom. The number of phenols is 1. The number of carbonyl (C=O) groups is 1. The van der Waals surface area contributed by atoms with Crippen LogP contribution in [0.15, 0.2) is 55.4 Å². The van der Waals surface area contributed by atoms with Gasteiger partial charge in [0.2, 0.25) is 0 Å². The Balaban J connectivity index is 1.85.